The number of rotatable bonds is 3. The van der Waals surface area contributed by atoms with Gasteiger partial charge in [0.1, 0.15) is 6.04 Å². The second kappa shape index (κ2) is 6.86. The lowest BCUT2D eigenvalue weighted by molar-refractivity contribution is -0.137. The molecule has 0 saturated carbocycles. The van der Waals surface area contributed by atoms with Gasteiger partial charge in [-0.2, -0.15) is 0 Å². The van der Waals surface area contributed by atoms with Gasteiger partial charge in [-0.25, -0.2) is 9.59 Å². The van der Waals surface area contributed by atoms with Gasteiger partial charge < -0.3 is 25.1 Å². The zero-order chi connectivity index (χ0) is 18.1. The van der Waals surface area contributed by atoms with Crippen LogP contribution < -0.4 is 5.32 Å². The number of hydrogen-bond donors (Lipinski definition) is 2. The second-order valence-electron chi connectivity index (χ2n) is 7.70. The van der Waals surface area contributed by atoms with E-state index in [4.69, 9.17) is 5.11 Å². The Morgan fingerprint density at radius 3 is 2.17 bits per heavy atom. The summed E-state index contributed by atoms with van der Waals surface area (Å²) < 4.78 is 0. The van der Waals surface area contributed by atoms with Crippen LogP contribution in [0, 0.1) is 5.41 Å². The van der Waals surface area contributed by atoms with Crippen molar-refractivity contribution in [2.45, 2.75) is 45.7 Å². The van der Waals surface area contributed by atoms with Crippen LogP contribution in [0.15, 0.2) is 0 Å². The molecule has 2 saturated heterocycles. The number of likely N-dealkylation sites (N-methyl/N-ethyl adjacent to an activating group) is 1. The molecule has 8 heteroatoms. The van der Waals surface area contributed by atoms with E-state index in [1.54, 1.807) is 16.8 Å². The molecule has 4 amide bonds. The monoisotopic (exact) mass is 340 g/mol. The largest absolute Gasteiger partial charge is 0.465 e. The second-order valence-corrected chi connectivity index (χ2v) is 7.70. The van der Waals surface area contributed by atoms with Crippen LogP contribution in [0.25, 0.3) is 0 Å². The molecule has 2 aliphatic heterocycles. The fraction of sp³-hybridized carbons (Fsp3) is 0.812. The highest BCUT2D eigenvalue weighted by Gasteiger charge is 2.39. The summed E-state index contributed by atoms with van der Waals surface area (Å²) in [5.41, 5.74) is -0.500. The standard InChI is InChI=1S/C16H28N4O4/c1-16(2,3)12(17-14(22)23)13(21)19-7-5-11(6-8-19)20-10-9-18(4)15(20)24/h11-12,17H,5-10H2,1-4H3,(H,22,23)/t12-/m0/s1. The fourth-order valence-electron chi connectivity index (χ4n) is 3.36. The molecule has 0 radical (unpaired) electrons. The zero-order valence-electron chi connectivity index (χ0n) is 14.9. The Labute approximate surface area is 142 Å². The molecule has 0 spiro atoms. The zero-order valence-corrected chi connectivity index (χ0v) is 14.9. The highest BCUT2D eigenvalue weighted by Crippen LogP contribution is 2.25. The van der Waals surface area contributed by atoms with Crippen molar-refractivity contribution in [3.63, 3.8) is 0 Å². The molecule has 0 aromatic rings. The smallest absolute Gasteiger partial charge is 0.405 e. The molecule has 24 heavy (non-hydrogen) atoms. The predicted octanol–water partition coefficient (Wildman–Crippen LogP) is 1.03. The van der Waals surface area contributed by atoms with Crippen molar-refractivity contribution in [1.29, 1.82) is 0 Å². The number of nitrogens with zero attached hydrogens (tertiary/aromatic N) is 3. The Morgan fingerprint density at radius 2 is 1.75 bits per heavy atom. The first-order valence-corrected chi connectivity index (χ1v) is 8.41. The van der Waals surface area contributed by atoms with Gasteiger partial charge in [0.15, 0.2) is 0 Å². The van der Waals surface area contributed by atoms with E-state index in [0.717, 1.165) is 25.9 Å². The van der Waals surface area contributed by atoms with Crippen molar-refractivity contribution in [3.05, 3.63) is 0 Å². The molecule has 0 unspecified atom stereocenters. The third-order valence-electron chi connectivity index (χ3n) is 4.85. The summed E-state index contributed by atoms with van der Waals surface area (Å²) in [5.74, 6) is -0.187. The summed E-state index contributed by atoms with van der Waals surface area (Å²) in [6.07, 6.45) is 0.272. The first-order valence-electron chi connectivity index (χ1n) is 8.41. The van der Waals surface area contributed by atoms with E-state index < -0.39 is 17.6 Å². The Hall–Kier alpha value is -1.99. The van der Waals surface area contributed by atoms with E-state index in [-0.39, 0.29) is 18.0 Å². The minimum Gasteiger partial charge on any atom is -0.465 e. The molecular weight excluding hydrogens is 312 g/mol. The third-order valence-corrected chi connectivity index (χ3v) is 4.85. The van der Waals surface area contributed by atoms with E-state index in [1.165, 1.54) is 0 Å². The number of carbonyl (C=O) groups excluding carboxylic acids is 2. The van der Waals surface area contributed by atoms with E-state index in [1.807, 2.05) is 25.7 Å². The number of piperidine rings is 1. The molecule has 8 nitrogen and oxygen atoms in total. The molecule has 0 bridgehead atoms. The number of hydrogen-bond acceptors (Lipinski definition) is 3. The number of carbonyl (C=O) groups is 3. The van der Waals surface area contributed by atoms with Crippen LogP contribution in [-0.4, -0.2) is 83.1 Å². The molecule has 0 aromatic carbocycles. The van der Waals surface area contributed by atoms with Crippen LogP contribution in [0.1, 0.15) is 33.6 Å². The van der Waals surface area contributed by atoms with Crippen LogP contribution >= 0.6 is 0 Å². The van der Waals surface area contributed by atoms with Crippen LogP contribution in [0.3, 0.4) is 0 Å². The lowest BCUT2D eigenvalue weighted by atomic mass is 9.85. The van der Waals surface area contributed by atoms with Gasteiger partial charge in [0.2, 0.25) is 5.91 Å². The summed E-state index contributed by atoms with van der Waals surface area (Å²) in [7, 11) is 1.80. The maximum Gasteiger partial charge on any atom is 0.405 e. The number of urea groups is 1. The van der Waals surface area contributed by atoms with Crippen molar-refractivity contribution < 1.29 is 19.5 Å². The highest BCUT2D eigenvalue weighted by atomic mass is 16.4. The van der Waals surface area contributed by atoms with Crippen LogP contribution in [0.2, 0.25) is 0 Å². The SMILES string of the molecule is CN1CCN(C2CCN(C(=O)[C@H](NC(=O)O)C(C)(C)C)CC2)C1=O. The highest BCUT2D eigenvalue weighted by molar-refractivity contribution is 5.86. The fourth-order valence-corrected chi connectivity index (χ4v) is 3.36. The molecule has 2 N–H and O–H groups in total. The molecule has 0 aliphatic carbocycles. The topological polar surface area (TPSA) is 93.2 Å². The summed E-state index contributed by atoms with van der Waals surface area (Å²) in [6, 6.07) is -0.557. The first-order chi connectivity index (χ1) is 11.1. The Bertz CT molecular complexity index is 509. The molecule has 2 heterocycles. The van der Waals surface area contributed by atoms with Crippen LogP contribution in [-0.2, 0) is 4.79 Å². The minimum absolute atomic E-state index is 0.0555. The summed E-state index contributed by atoms with van der Waals surface area (Å²) in [6.45, 7) is 8.10. The molecule has 1 atom stereocenters. The van der Waals surface area contributed by atoms with Gasteiger partial charge in [0, 0.05) is 39.3 Å². The van der Waals surface area contributed by atoms with Crippen LogP contribution in [0.5, 0.6) is 0 Å². The Morgan fingerprint density at radius 1 is 1.17 bits per heavy atom. The van der Waals surface area contributed by atoms with E-state index in [2.05, 4.69) is 5.32 Å². The van der Waals surface area contributed by atoms with Crippen molar-refractivity contribution in [3.8, 4) is 0 Å². The Balaban J connectivity index is 1.96. The summed E-state index contributed by atoms with van der Waals surface area (Å²) in [4.78, 5) is 41.1. The van der Waals surface area contributed by atoms with Gasteiger partial charge in [0.25, 0.3) is 0 Å². The molecule has 2 aliphatic rings. The number of nitrogens with one attached hydrogen (secondary N) is 1. The predicted molar refractivity (Wildman–Crippen MR) is 88.7 cm³/mol. The third kappa shape index (κ3) is 3.91. The Kier molecular flexibility index (Phi) is 5.25. The van der Waals surface area contributed by atoms with Crippen molar-refractivity contribution in [1.82, 2.24) is 20.0 Å². The lowest BCUT2D eigenvalue weighted by Crippen LogP contribution is -2.57. The average Bonchev–Trinajstić information content (AvgIpc) is 2.83. The average molecular weight is 340 g/mol. The molecule has 2 fully saturated rings. The van der Waals surface area contributed by atoms with Gasteiger partial charge in [-0.15, -0.1) is 0 Å². The van der Waals surface area contributed by atoms with E-state index >= 15 is 0 Å². The first kappa shape index (κ1) is 18.4. The van der Waals surface area contributed by atoms with Crippen molar-refractivity contribution in [2.24, 2.45) is 5.41 Å². The minimum atomic E-state index is -1.19. The van der Waals surface area contributed by atoms with Gasteiger partial charge >= 0.3 is 12.1 Å². The van der Waals surface area contributed by atoms with Gasteiger partial charge in [-0.05, 0) is 18.3 Å². The maximum atomic E-state index is 12.7. The number of carboxylic acid groups (broad SMARTS) is 1. The van der Waals surface area contributed by atoms with Crippen molar-refractivity contribution >= 4 is 18.0 Å². The number of likely N-dealkylation sites (tertiary alicyclic amines) is 1. The van der Waals surface area contributed by atoms with Crippen molar-refractivity contribution in [2.75, 3.05) is 33.2 Å². The van der Waals surface area contributed by atoms with E-state index in [0.29, 0.717) is 13.1 Å². The normalized spacial score (nSPS) is 21.2. The van der Waals surface area contributed by atoms with Gasteiger partial charge in [-0.3, -0.25) is 4.79 Å². The molecule has 0 aromatic heterocycles. The maximum absolute atomic E-state index is 12.7. The van der Waals surface area contributed by atoms with Gasteiger partial charge in [0.05, 0.1) is 0 Å². The quantitative estimate of drug-likeness (QED) is 0.802. The number of amides is 4. The molecule has 136 valence electrons. The van der Waals surface area contributed by atoms with Gasteiger partial charge in [-0.1, -0.05) is 20.8 Å². The summed E-state index contributed by atoms with van der Waals surface area (Å²) in [5, 5.41) is 11.4. The summed E-state index contributed by atoms with van der Waals surface area (Å²) >= 11 is 0. The van der Waals surface area contributed by atoms with Crippen LogP contribution in [0.4, 0.5) is 9.59 Å². The lowest BCUT2D eigenvalue weighted by Gasteiger charge is -2.39. The molecular formula is C16H28N4O4. The van der Waals surface area contributed by atoms with E-state index in [9.17, 15) is 14.4 Å². The molecule has 2 rings (SSSR count).